The van der Waals surface area contributed by atoms with Gasteiger partial charge in [-0.25, -0.2) is 0 Å². The van der Waals surface area contributed by atoms with E-state index in [1.54, 1.807) is 7.05 Å². The van der Waals surface area contributed by atoms with Crippen molar-refractivity contribution in [2.45, 2.75) is 44.1 Å². The van der Waals surface area contributed by atoms with Crippen LogP contribution in [0.1, 0.15) is 38.5 Å². The molecule has 5 heteroatoms. The van der Waals surface area contributed by atoms with Gasteiger partial charge < -0.3 is 15.7 Å². The zero-order valence-electron chi connectivity index (χ0n) is 9.71. The number of aliphatic carboxylic acids is 1. The Bertz CT molecular complexity index is 260. The quantitative estimate of drug-likeness (QED) is 0.640. The minimum atomic E-state index is -0.841. The molecule has 0 aliphatic heterocycles. The summed E-state index contributed by atoms with van der Waals surface area (Å²) in [7, 11) is 1.70. The van der Waals surface area contributed by atoms with Crippen LogP contribution in [-0.4, -0.2) is 36.1 Å². The summed E-state index contributed by atoms with van der Waals surface area (Å²) in [5.74, 6) is -0.961. The largest absolute Gasteiger partial charge is 0.481 e. The highest BCUT2D eigenvalue weighted by Gasteiger charge is 2.35. The Labute approximate surface area is 95.6 Å². The third kappa shape index (κ3) is 3.81. The van der Waals surface area contributed by atoms with Crippen LogP contribution in [0.25, 0.3) is 0 Å². The Morgan fingerprint density at radius 3 is 2.38 bits per heavy atom. The zero-order chi connectivity index (χ0) is 12.0. The Balaban J connectivity index is 2.62. The lowest BCUT2D eigenvalue weighted by molar-refractivity contribution is -0.139. The number of hydrogen-bond donors (Lipinski definition) is 3. The van der Waals surface area contributed by atoms with E-state index >= 15 is 0 Å². The number of carboxylic acids is 1. The standard InChI is InChI=1S/C11H20N2O3/c1-12-8-9(14)13-11(7-10(15)16)5-3-2-4-6-11/h12H,2-8H2,1H3,(H,13,14)(H,15,16). The first-order valence-electron chi connectivity index (χ1n) is 5.75. The molecule has 0 heterocycles. The molecule has 0 aromatic rings. The molecule has 1 fully saturated rings. The highest BCUT2D eigenvalue weighted by Crippen LogP contribution is 2.30. The summed E-state index contributed by atoms with van der Waals surface area (Å²) >= 11 is 0. The van der Waals surface area contributed by atoms with Crippen molar-refractivity contribution in [3.05, 3.63) is 0 Å². The van der Waals surface area contributed by atoms with E-state index in [9.17, 15) is 9.59 Å². The van der Waals surface area contributed by atoms with Gasteiger partial charge in [-0.2, -0.15) is 0 Å². The van der Waals surface area contributed by atoms with Crippen LogP contribution >= 0.6 is 0 Å². The van der Waals surface area contributed by atoms with Gasteiger partial charge in [-0.3, -0.25) is 9.59 Å². The van der Waals surface area contributed by atoms with E-state index in [4.69, 9.17) is 5.11 Å². The van der Waals surface area contributed by atoms with Gasteiger partial charge in [0.2, 0.25) is 5.91 Å². The van der Waals surface area contributed by atoms with Crippen LogP contribution in [0.15, 0.2) is 0 Å². The van der Waals surface area contributed by atoms with Crippen molar-refractivity contribution < 1.29 is 14.7 Å². The van der Waals surface area contributed by atoms with Crippen molar-refractivity contribution in [3.63, 3.8) is 0 Å². The molecule has 1 aliphatic rings. The Hall–Kier alpha value is -1.10. The lowest BCUT2D eigenvalue weighted by Gasteiger charge is -2.37. The second-order valence-corrected chi connectivity index (χ2v) is 4.49. The topological polar surface area (TPSA) is 78.4 Å². The molecule has 5 nitrogen and oxygen atoms in total. The minimum Gasteiger partial charge on any atom is -0.481 e. The third-order valence-corrected chi connectivity index (χ3v) is 3.04. The van der Waals surface area contributed by atoms with Crippen molar-refractivity contribution in [2.24, 2.45) is 0 Å². The molecule has 0 atom stereocenters. The van der Waals surface area contributed by atoms with Crippen LogP contribution in [0, 0.1) is 0 Å². The number of likely N-dealkylation sites (N-methyl/N-ethyl adjacent to an activating group) is 1. The van der Waals surface area contributed by atoms with Gasteiger partial charge in [-0.15, -0.1) is 0 Å². The molecule has 0 bridgehead atoms. The number of carboxylic acid groups (broad SMARTS) is 1. The highest BCUT2D eigenvalue weighted by atomic mass is 16.4. The predicted molar refractivity (Wildman–Crippen MR) is 60.1 cm³/mol. The molecular weight excluding hydrogens is 208 g/mol. The minimum absolute atomic E-state index is 0.0302. The van der Waals surface area contributed by atoms with Gasteiger partial charge in [-0.1, -0.05) is 19.3 Å². The second-order valence-electron chi connectivity index (χ2n) is 4.49. The van der Waals surface area contributed by atoms with E-state index in [2.05, 4.69) is 10.6 Å². The van der Waals surface area contributed by atoms with Gasteiger partial charge in [0.05, 0.1) is 18.5 Å². The third-order valence-electron chi connectivity index (χ3n) is 3.04. The summed E-state index contributed by atoms with van der Waals surface area (Å²) < 4.78 is 0. The van der Waals surface area contributed by atoms with Crippen LogP contribution in [0.2, 0.25) is 0 Å². The number of rotatable bonds is 5. The number of amides is 1. The second kappa shape index (κ2) is 5.84. The first kappa shape index (κ1) is 13.0. The molecule has 1 rings (SSSR count). The van der Waals surface area contributed by atoms with Gasteiger partial charge in [0, 0.05) is 0 Å². The summed E-state index contributed by atoms with van der Waals surface area (Å²) in [6.07, 6.45) is 4.69. The smallest absolute Gasteiger partial charge is 0.305 e. The van der Waals surface area contributed by atoms with Gasteiger partial charge >= 0.3 is 5.97 Å². The normalized spacial score (nSPS) is 19.1. The molecule has 0 spiro atoms. The Morgan fingerprint density at radius 1 is 1.25 bits per heavy atom. The van der Waals surface area contributed by atoms with Crippen LogP contribution in [-0.2, 0) is 9.59 Å². The SMILES string of the molecule is CNCC(=O)NC1(CC(=O)O)CCCCC1. The van der Waals surface area contributed by atoms with Crippen molar-refractivity contribution in [2.75, 3.05) is 13.6 Å². The molecule has 0 aromatic carbocycles. The predicted octanol–water partition coefficient (Wildman–Crippen LogP) is 0.500. The molecule has 3 N–H and O–H groups in total. The van der Waals surface area contributed by atoms with Gasteiger partial charge in [0.25, 0.3) is 0 Å². The van der Waals surface area contributed by atoms with Crippen LogP contribution in [0.5, 0.6) is 0 Å². The average molecular weight is 228 g/mol. The summed E-state index contributed by atoms with van der Waals surface area (Å²) in [6.45, 7) is 0.237. The fourth-order valence-electron chi connectivity index (χ4n) is 2.36. The van der Waals surface area contributed by atoms with E-state index in [-0.39, 0.29) is 18.9 Å². The van der Waals surface area contributed by atoms with E-state index in [1.165, 1.54) is 0 Å². The average Bonchev–Trinajstić information content (AvgIpc) is 2.17. The van der Waals surface area contributed by atoms with E-state index in [1.807, 2.05) is 0 Å². The molecule has 0 unspecified atom stereocenters. The maximum Gasteiger partial charge on any atom is 0.305 e. The number of carbonyl (C=O) groups excluding carboxylic acids is 1. The van der Waals surface area contributed by atoms with E-state index < -0.39 is 11.5 Å². The fourth-order valence-corrected chi connectivity index (χ4v) is 2.36. The van der Waals surface area contributed by atoms with Crippen LogP contribution in [0.3, 0.4) is 0 Å². The molecule has 1 amide bonds. The molecule has 1 aliphatic carbocycles. The summed E-state index contributed by atoms with van der Waals surface area (Å²) in [5, 5.41) is 14.6. The zero-order valence-corrected chi connectivity index (χ0v) is 9.71. The van der Waals surface area contributed by atoms with Gasteiger partial charge in [0.1, 0.15) is 0 Å². The summed E-state index contributed by atoms with van der Waals surface area (Å²) in [5.41, 5.74) is -0.516. The van der Waals surface area contributed by atoms with Gasteiger partial charge in [-0.05, 0) is 19.9 Å². The van der Waals surface area contributed by atoms with Crippen molar-refractivity contribution in [1.29, 1.82) is 0 Å². The molecule has 0 aromatic heterocycles. The van der Waals surface area contributed by atoms with Crippen molar-refractivity contribution in [3.8, 4) is 0 Å². The van der Waals surface area contributed by atoms with Crippen LogP contribution in [0.4, 0.5) is 0 Å². The molecule has 0 saturated heterocycles. The van der Waals surface area contributed by atoms with Crippen molar-refractivity contribution >= 4 is 11.9 Å². The van der Waals surface area contributed by atoms with E-state index in [0.29, 0.717) is 0 Å². The lowest BCUT2D eigenvalue weighted by atomic mass is 9.79. The Morgan fingerprint density at radius 2 is 1.88 bits per heavy atom. The number of carbonyl (C=O) groups is 2. The first-order chi connectivity index (χ1) is 7.58. The molecule has 16 heavy (non-hydrogen) atoms. The molecule has 1 saturated carbocycles. The maximum absolute atomic E-state index is 11.5. The summed E-state index contributed by atoms with van der Waals surface area (Å²) in [6, 6.07) is 0. The van der Waals surface area contributed by atoms with Gasteiger partial charge in [0.15, 0.2) is 0 Å². The number of nitrogens with one attached hydrogen (secondary N) is 2. The Kier molecular flexibility index (Phi) is 4.73. The molecule has 0 radical (unpaired) electrons. The summed E-state index contributed by atoms with van der Waals surface area (Å²) in [4.78, 5) is 22.4. The van der Waals surface area contributed by atoms with Crippen molar-refractivity contribution in [1.82, 2.24) is 10.6 Å². The highest BCUT2D eigenvalue weighted by molar-refractivity contribution is 5.80. The maximum atomic E-state index is 11.5. The van der Waals surface area contributed by atoms with E-state index in [0.717, 1.165) is 32.1 Å². The lowest BCUT2D eigenvalue weighted by Crippen LogP contribution is -2.53. The van der Waals surface area contributed by atoms with Crippen LogP contribution < -0.4 is 10.6 Å². The monoisotopic (exact) mass is 228 g/mol. The fraction of sp³-hybridized carbons (Fsp3) is 0.818. The molecular formula is C11H20N2O3. The number of hydrogen-bond acceptors (Lipinski definition) is 3. The first-order valence-corrected chi connectivity index (χ1v) is 5.75. The molecule has 92 valence electrons.